The molecule has 2 aromatic rings. The number of amides is 2. The molecule has 1 aromatic carbocycles. The van der Waals surface area contributed by atoms with Crippen LogP contribution in [-0.4, -0.2) is 54.7 Å². The Balaban J connectivity index is 1.75. The van der Waals surface area contributed by atoms with E-state index in [4.69, 9.17) is 0 Å². The molecule has 0 aliphatic carbocycles. The summed E-state index contributed by atoms with van der Waals surface area (Å²) in [7, 11) is 2.43. The fraction of sp³-hybridized carbons (Fsp3) is 0.444. The van der Waals surface area contributed by atoms with Crippen LogP contribution in [0.4, 0.5) is 4.79 Å². The molecule has 1 aliphatic rings. The molecule has 144 valence electrons. The van der Waals surface area contributed by atoms with Gasteiger partial charge in [0.2, 0.25) is 0 Å². The molecule has 1 fully saturated rings. The number of hydrogen-bond acceptors (Lipinski definition) is 7. The highest BCUT2D eigenvalue weighted by Gasteiger charge is 2.35. The zero-order valence-electron chi connectivity index (χ0n) is 15.1. The molecular weight excluding hydrogens is 370 g/mol. The Labute approximate surface area is 160 Å². The number of thiazole rings is 1. The van der Waals surface area contributed by atoms with Crippen molar-refractivity contribution >= 4 is 39.5 Å². The molecule has 1 N–H and O–H groups in total. The van der Waals surface area contributed by atoms with E-state index >= 15 is 0 Å². The molecule has 2 heterocycles. The lowest BCUT2D eigenvalue weighted by atomic mass is 10.2. The van der Waals surface area contributed by atoms with E-state index in [1.54, 1.807) is 16.2 Å². The van der Waals surface area contributed by atoms with E-state index in [0.29, 0.717) is 6.54 Å². The summed E-state index contributed by atoms with van der Waals surface area (Å²) >= 11 is 1.56. The standard InChI is InChI=1S/C18H21N3O5S/c1-25-15(22)10-12(17(23)26-2)20-18(24)21-9-5-7-13(21)16-19-11-6-3-4-8-14(11)27-16/h3-4,6,8,12-13H,5,7,9-10H2,1-2H3,(H,20,24)/t12-,13?/m0/s1. The maximum Gasteiger partial charge on any atom is 0.329 e. The zero-order valence-corrected chi connectivity index (χ0v) is 16.0. The molecule has 1 saturated heterocycles. The van der Waals surface area contributed by atoms with Crippen molar-refractivity contribution in [1.82, 2.24) is 15.2 Å². The molecule has 9 heteroatoms. The molecule has 27 heavy (non-hydrogen) atoms. The second-order valence-electron chi connectivity index (χ2n) is 6.18. The van der Waals surface area contributed by atoms with Crippen molar-refractivity contribution in [2.45, 2.75) is 31.3 Å². The van der Waals surface area contributed by atoms with E-state index < -0.39 is 24.0 Å². The average Bonchev–Trinajstić information content (AvgIpc) is 3.32. The Morgan fingerprint density at radius 3 is 2.78 bits per heavy atom. The molecule has 1 unspecified atom stereocenters. The summed E-state index contributed by atoms with van der Waals surface area (Å²) in [6.45, 7) is 0.554. The smallest absolute Gasteiger partial charge is 0.329 e. The zero-order chi connectivity index (χ0) is 19.4. The van der Waals surface area contributed by atoms with Gasteiger partial charge >= 0.3 is 18.0 Å². The van der Waals surface area contributed by atoms with Gasteiger partial charge in [0, 0.05) is 6.54 Å². The maximum absolute atomic E-state index is 12.8. The van der Waals surface area contributed by atoms with E-state index in [0.717, 1.165) is 28.1 Å². The molecule has 0 bridgehead atoms. The van der Waals surface area contributed by atoms with Gasteiger partial charge in [0.05, 0.1) is 36.9 Å². The number of aromatic nitrogens is 1. The van der Waals surface area contributed by atoms with Crippen LogP contribution in [-0.2, 0) is 19.1 Å². The minimum atomic E-state index is -1.09. The van der Waals surface area contributed by atoms with Gasteiger partial charge in [-0.15, -0.1) is 11.3 Å². The molecule has 8 nitrogen and oxygen atoms in total. The second-order valence-corrected chi connectivity index (χ2v) is 7.24. The lowest BCUT2D eigenvalue weighted by Gasteiger charge is -2.25. The van der Waals surface area contributed by atoms with Crippen molar-refractivity contribution in [2.75, 3.05) is 20.8 Å². The Kier molecular flexibility index (Phi) is 5.90. The normalized spacial score (nSPS) is 17.6. The minimum absolute atomic E-state index is 0.154. The molecule has 1 aliphatic heterocycles. The van der Waals surface area contributed by atoms with Gasteiger partial charge in [-0.3, -0.25) is 4.79 Å². The first-order chi connectivity index (χ1) is 13.0. The first-order valence-electron chi connectivity index (χ1n) is 8.60. The van der Waals surface area contributed by atoms with E-state index in [1.165, 1.54) is 14.2 Å². The van der Waals surface area contributed by atoms with Gasteiger partial charge in [-0.2, -0.15) is 0 Å². The molecule has 3 rings (SSSR count). The number of nitrogens with zero attached hydrogens (tertiary/aromatic N) is 2. The Hall–Kier alpha value is -2.68. The van der Waals surface area contributed by atoms with Crippen LogP contribution in [0.5, 0.6) is 0 Å². The van der Waals surface area contributed by atoms with Crippen LogP contribution >= 0.6 is 11.3 Å². The van der Waals surface area contributed by atoms with Crippen LogP contribution in [0.1, 0.15) is 30.3 Å². The fourth-order valence-corrected chi connectivity index (χ4v) is 4.23. The minimum Gasteiger partial charge on any atom is -0.469 e. The molecule has 1 aromatic heterocycles. The van der Waals surface area contributed by atoms with E-state index in [2.05, 4.69) is 19.8 Å². The number of para-hydroxylation sites is 1. The number of benzene rings is 1. The Morgan fingerprint density at radius 1 is 1.30 bits per heavy atom. The average molecular weight is 391 g/mol. The summed E-state index contributed by atoms with van der Waals surface area (Å²) in [5, 5.41) is 3.46. The molecule has 0 spiro atoms. The molecular formula is C18H21N3O5S. The van der Waals surface area contributed by atoms with Crippen molar-refractivity contribution in [3.8, 4) is 0 Å². The Morgan fingerprint density at radius 2 is 2.07 bits per heavy atom. The van der Waals surface area contributed by atoms with Gasteiger partial charge < -0.3 is 19.7 Å². The van der Waals surface area contributed by atoms with Gasteiger partial charge in [0.1, 0.15) is 11.0 Å². The number of methoxy groups -OCH3 is 2. The lowest BCUT2D eigenvalue weighted by molar-refractivity contribution is -0.149. The SMILES string of the molecule is COC(=O)C[C@H](NC(=O)N1CCCC1c1nc2ccccc2s1)C(=O)OC. The summed E-state index contributed by atoms with van der Waals surface area (Å²) in [5.41, 5.74) is 0.905. The third-order valence-corrected chi connectivity index (χ3v) is 5.63. The second kappa shape index (κ2) is 8.34. The number of hydrogen-bond donors (Lipinski definition) is 1. The number of esters is 2. The van der Waals surface area contributed by atoms with Crippen molar-refractivity contribution in [2.24, 2.45) is 0 Å². The molecule has 2 atom stereocenters. The monoisotopic (exact) mass is 391 g/mol. The van der Waals surface area contributed by atoms with Crippen LogP contribution in [0.2, 0.25) is 0 Å². The van der Waals surface area contributed by atoms with Gasteiger partial charge in [0.25, 0.3) is 0 Å². The van der Waals surface area contributed by atoms with Crippen molar-refractivity contribution in [1.29, 1.82) is 0 Å². The number of fused-ring (bicyclic) bond motifs is 1. The summed E-state index contributed by atoms with van der Waals surface area (Å²) in [5.74, 6) is -1.29. The van der Waals surface area contributed by atoms with Crippen LogP contribution in [0.3, 0.4) is 0 Å². The first kappa shape index (κ1) is 19.1. The number of ether oxygens (including phenoxy) is 2. The summed E-state index contributed by atoms with van der Waals surface area (Å²) in [4.78, 5) is 42.5. The predicted octanol–water partition coefficient (Wildman–Crippen LogP) is 2.25. The number of carbonyl (C=O) groups is 3. The Bertz CT molecular complexity index is 819. The summed E-state index contributed by atoms with van der Waals surface area (Å²) in [6, 6.07) is 6.16. The van der Waals surface area contributed by atoms with Crippen molar-refractivity contribution in [3.05, 3.63) is 29.3 Å². The highest BCUT2D eigenvalue weighted by Crippen LogP contribution is 2.36. The third-order valence-electron chi connectivity index (χ3n) is 4.49. The van der Waals surface area contributed by atoms with Crippen LogP contribution in [0.25, 0.3) is 10.2 Å². The van der Waals surface area contributed by atoms with Gasteiger partial charge in [-0.25, -0.2) is 14.6 Å². The van der Waals surface area contributed by atoms with E-state index in [-0.39, 0.29) is 12.5 Å². The highest BCUT2D eigenvalue weighted by atomic mass is 32.1. The fourth-order valence-electron chi connectivity index (χ4n) is 3.12. The highest BCUT2D eigenvalue weighted by molar-refractivity contribution is 7.18. The number of carbonyl (C=O) groups excluding carboxylic acids is 3. The molecule has 2 amide bonds. The van der Waals surface area contributed by atoms with E-state index in [9.17, 15) is 14.4 Å². The number of nitrogens with one attached hydrogen (secondary N) is 1. The molecule has 0 radical (unpaired) electrons. The summed E-state index contributed by atoms with van der Waals surface area (Å²) < 4.78 is 10.3. The third kappa shape index (κ3) is 4.19. The van der Waals surface area contributed by atoms with Crippen molar-refractivity contribution < 1.29 is 23.9 Å². The quantitative estimate of drug-likeness (QED) is 0.785. The van der Waals surface area contributed by atoms with Gasteiger partial charge in [-0.05, 0) is 25.0 Å². The van der Waals surface area contributed by atoms with E-state index in [1.807, 2.05) is 24.3 Å². The van der Waals surface area contributed by atoms with Gasteiger partial charge in [0.15, 0.2) is 0 Å². The van der Waals surface area contributed by atoms with Crippen LogP contribution < -0.4 is 5.32 Å². The molecule has 0 saturated carbocycles. The number of likely N-dealkylation sites (tertiary alicyclic amines) is 1. The summed E-state index contributed by atoms with van der Waals surface area (Å²) in [6.07, 6.45) is 1.36. The number of rotatable bonds is 5. The van der Waals surface area contributed by atoms with Crippen LogP contribution in [0, 0.1) is 0 Å². The van der Waals surface area contributed by atoms with Crippen LogP contribution in [0.15, 0.2) is 24.3 Å². The topological polar surface area (TPSA) is 97.8 Å². The maximum atomic E-state index is 12.8. The largest absolute Gasteiger partial charge is 0.469 e. The van der Waals surface area contributed by atoms with Gasteiger partial charge in [-0.1, -0.05) is 12.1 Å². The number of urea groups is 1. The first-order valence-corrected chi connectivity index (χ1v) is 9.42. The lowest BCUT2D eigenvalue weighted by Crippen LogP contribution is -2.49. The predicted molar refractivity (Wildman–Crippen MR) is 99.3 cm³/mol. The van der Waals surface area contributed by atoms with Crippen molar-refractivity contribution in [3.63, 3.8) is 0 Å².